The zero-order chi connectivity index (χ0) is 14.1. The number of morpholine rings is 1. The van der Waals surface area contributed by atoms with E-state index in [1.54, 1.807) is 0 Å². The molecule has 1 aromatic rings. The zero-order valence-electron chi connectivity index (χ0n) is 12.3. The summed E-state index contributed by atoms with van der Waals surface area (Å²) in [7, 11) is 0. The third kappa shape index (κ3) is 2.52. The van der Waals surface area contributed by atoms with Gasteiger partial charge in [-0.1, -0.05) is 29.8 Å². The van der Waals surface area contributed by atoms with Crippen LogP contribution in [-0.4, -0.2) is 42.0 Å². The number of fused-ring (bicyclic) bond motifs is 1. The lowest BCUT2D eigenvalue weighted by Gasteiger charge is -2.40. The molecule has 2 aliphatic rings. The van der Waals surface area contributed by atoms with Crippen molar-refractivity contribution in [3.05, 3.63) is 35.4 Å². The normalized spacial score (nSPS) is 28.1. The van der Waals surface area contributed by atoms with E-state index in [-0.39, 0.29) is 11.8 Å². The van der Waals surface area contributed by atoms with Gasteiger partial charge >= 0.3 is 0 Å². The highest BCUT2D eigenvalue weighted by Crippen LogP contribution is 2.31. The van der Waals surface area contributed by atoms with Gasteiger partial charge in [0.05, 0.1) is 18.8 Å². The predicted octanol–water partition coefficient (Wildman–Crippen LogP) is 2.82. The van der Waals surface area contributed by atoms with Crippen molar-refractivity contribution in [2.45, 2.75) is 51.3 Å². The van der Waals surface area contributed by atoms with Crippen LogP contribution in [-0.2, 0) is 4.74 Å². The van der Waals surface area contributed by atoms with E-state index in [0.717, 1.165) is 31.6 Å². The van der Waals surface area contributed by atoms with Gasteiger partial charge in [0, 0.05) is 18.2 Å². The van der Waals surface area contributed by atoms with Gasteiger partial charge in [0.25, 0.3) is 0 Å². The highest BCUT2D eigenvalue weighted by Gasteiger charge is 2.39. The Morgan fingerprint density at radius 1 is 1.30 bits per heavy atom. The van der Waals surface area contributed by atoms with Crippen molar-refractivity contribution in [2.24, 2.45) is 0 Å². The van der Waals surface area contributed by atoms with Gasteiger partial charge < -0.3 is 4.74 Å². The van der Waals surface area contributed by atoms with Gasteiger partial charge in [-0.2, -0.15) is 0 Å². The first-order chi connectivity index (χ1) is 9.66. The Labute approximate surface area is 120 Å². The van der Waals surface area contributed by atoms with Gasteiger partial charge in [-0.3, -0.25) is 9.69 Å². The summed E-state index contributed by atoms with van der Waals surface area (Å²) in [6.07, 6.45) is 3.87. The van der Waals surface area contributed by atoms with E-state index < -0.39 is 0 Å². The first-order valence-electron chi connectivity index (χ1n) is 7.65. The molecule has 0 spiro atoms. The van der Waals surface area contributed by atoms with Crippen molar-refractivity contribution in [2.75, 3.05) is 13.2 Å². The number of Topliss-reactive ketones (excluding diaryl/α,β-unsaturated/α-hetero) is 1. The third-order valence-corrected chi connectivity index (χ3v) is 4.74. The summed E-state index contributed by atoms with van der Waals surface area (Å²) in [6.45, 7) is 5.72. The minimum Gasteiger partial charge on any atom is -0.375 e. The number of nitrogens with zero attached hydrogens (tertiary/aromatic N) is 1. The fourth-order valence-corrected chi connectivity index (χ4v) is 3.55. The number of carbonyl (C=O) groups is 1. The zero-order valence-corrected chi connectivity index (χ0v) is 12.3. The topological polar surface area (TPSA) is 29.5 Å². The van der Waals surface area contributed by atoms with Gasteiger partial charge in [0.1, 0.15) is 0 Å². The van der Waals surface area contributed by atoms with Gasteiger partial charge in [-0.25, -0.2) is 0 Å². The van der Waals surface area contributed by atoms with E-state index in [2.05, 4.69) is 4.90 Å². The summed E-state index contributed by atoms with van der Waals surface area (Å²) < 4.78 is 5.83. The molecule has 0 bridgehead atoms. The molecule has 0 amide bonds. The summed E-state index contributed by atoms with van der Waals surface area (Å²) in [5, 5.41) is 0. The van der Waals surface area contributed by atoms with Gasteiger partial charge in [-0.15, -0.1) is 0 Å². The Morgan fingerprint density at radius 2 is 2.05 bits per heavy atom. The standard InChI is InChI=1S/C17H23NO2/c1-12-6-8-14(9-7-12)17(19)13(2)18-10-11-20-16-5-3-4-15(16)18/h6-9,13,15-16H,3-5,10-11H2,1-2H3. The van der Waals surface area contributed by atoms with Crippen molar-refractivity contribution < 1.29 is 9.53 Å². The second-order valence-electron chi connectivity index (χ2n) is 6.05. The molecule has 0 radical (unpaired) electrons. The first-order valence-corrected chi connectivity index (χ1v) is 7.65. The highest BCUT2D eigenvalue weighted by atomic mass is 16.5. The number of carbonyl (C=O) groups excluding carboxylic acids is 1. The van der Waals surface area contributed by atoms with Crippen LogP contribution in [0.5, 0.6) is 0 Å². The van der Waals surface area contributed by atoms with Crippen LogP contribution in [0.15, 0.2) is 24.3 Å². The second kappa shape index (κ2) is 5.66. The van der Waals surface area contributed by atoms with Crippen LogP contribution in [0.25, 0.3) is 0 Å². The molecule has 3 nitrogen and oxygen atoms in total. The minimum absolute atomic E-state index is 0.0489. The maximum atomic E-state index is 12.7. The fraction of sp³-hybridized carbons (Fsp3) is 0.588. The van der Waals surface area contributed by atoms with E-state index in [1.807, 2.05) is 38.1 Å². The number of rotatable bonds is 3. The van der Waals surface area contributed by atoms with Gasteiger partial charge in [-0.05, 0) is 33.1 Å². The molecule has 3 rings (SSSR count). The van der Waals surface area contributed by atoms with Crippen molar-refractivity contribution in [1.82, 2.24) is 4.90 Å². The molecule has 1 aromatic carbocycles. The van der Waals surface area contributed by atoms with E-state index >= 15 is 0 Å². The molecule has 1 aliphatic carbocycles. The predicted molar refractivity (Wildman–Crippen MR) is 79.1 cm³/mol. The summed E-state index contributed by atoms with van der Waals surface area (Å²) >= 11 is 0. The average Bonchev–Trinajstić information content (AvgIpc) is 2.95. The third-order valence-electron chi connectivity index (χ3n) is 4.74. The molecule has 1 saturated carbocycles. The molecular weight excluding hydrogens is 250 g/mol. The lowest BCUT2D eigenvalue weighted by Crippen LogP contribution is -2.54. The SMILES string of the molecule is Cc1ccc(C(=O)C(C)N2CCOC3CCCC32)cc1. The monoisotopic (exact) mass is 273 g/mol. The van der Waals surface area contributed by atoms with Crippen molar-refractivity contribution >= 4 is 5.78 Å². The van der Waals surface area contributed by atoms with Crippen LogP contribution in [0.2, 0.25) is 0 Å². The molecule has 0 aromatic heterocycles. The molecule has 3 heteroatoms. The lowest BCUT2D eigenvalue weighted by molar-refractivity contribution is -0.0643. The van der Waals surface area contributed by atoms with Crippen LogP contribution in [0.3, 0.4) is 0 Å². The number of aryl methyl sites for hydroxylation is 1. The molecule has 1 saturated heterocycles. The van der Waals surface area contributed by atoms with Gasteiger partial charge in [0.15, 0.2) is 5.78 Å². The summed E-state index contributed by atoms with van der Waals surface area (Å²) in [6, 6.07) is 8.30. The summed E-state index contributed by atoms with van der Waals surface area (Å²) in [5.74, 6) is 0.234. The fourth-order valence-electron chi connectivity index (χ4n) is 3.55. The highest BCUT2D eigenvalue weighted by molar-refractivity contribution is 5.99. The van der Waals surface area contributed by atoms with E-state index in [1.165, 1.54) is 12.0 Å². The minimum atomic E-state index is -0.0489. The Bertz CT molecular complexity index is 482. The molecule has 1 heterocycles. The van der Waals surface area contributed by atoms with E-state index in [9.17, 15) is 4.79 Å². The summed E-state index contributed by atoms with van der Waals surface area (Å²) in [4.78, 5) is 15.0. The Morgan fingerprint density at radius 3 is 2.80 bits per heavy atom. The van der Waals surface area contributed by atoms with Crippen molar-refractivity contribution in [3.63, 3.8) is 0 Å². The van der Waals surface area contributed by atoms with Crippen LogP contribution in [0.4, 0.5) is 0 Å². The Balaban J connectivity index is 1.75. The molecule has 3 atom stereocenters. The number of hydrogen-bond donors (Lipinski definition) is 0. The number of ketones is 1. The lowest BCUT2D eigenvalue weighted by atomic mass is 10.00. The Hall–Kier alpha value is -1.19. The van der Waals surface area contributed by atoms with Crippen LogP contribution in [0, 0.1) is 6.92 Å². The van der Waals surface area contributed by atoms with Crippen molar-refractivity contribution in [3.8, 4) is 0 Å². The maximum absolute atomic E-state index is 12.7. The van der Waals surface area contributed by atoms with Crippen LogP contribution >= 0.6 is 0 Å². The van der Waals surface area contributed by atoms with Gasteiger partial charge in [0.2, 0.25) is 0 Å². The molecule has 2 fully saturated rings. The quantitative estimate of drug-likeness (QED) is 0.793. The molecule has 1 aliphatic heterocycles. The molecular formula is C17H23NO2. The first kappa shape index (κ1) is 13.8. The molecule has 20 heavy (non-hydrogen) atoms. The molecule has 108 valence electrons. The van der Waals surface area contributed by atoms with Crippen molar-refractivity contribution in [1.29, 1.82) is 0 Å². The maximum Gasteiger partial charge on any atom is 0.179 e. The summed E-state index contributed by atoms with van der Waals surface area (Å²) in [5.41, 5.74) is 2.01. The van der Waals surface area contributed by atoms with E-state index in [0.29, 0.717) is 12.1 Å². The number of ether oxygens (including phenoxy) is 1. The Kier molecular flexibility index (Phi) is 3.90. The number of benzene rings is 1. The second-order valence-corrected chi connectivity index (χ2v) is 6.05. The van der Waals surface area contributed by atoms with E-state index in [4.69, 9.17) is 4.74 Å². The van der Waals surface area contributed by atoms with Crippen LogP contribution < -0.4 is 0 Å². The number of hydrogen-bond acceptors (Lipinski definition) is 3. The van der Waals surface area contributed by atoms with Crippen LogP contribution in [0.1, 0.15) is 42.1 Å². The smallest absolute Gasteiger partial charge is 0.179 e. The molecule has 3 unspecified atom stereocenters. The average molecular weight is 273 g/mol. The molecule has 0 N–H and O–H groups in total. The largest absolute Gasteiger partial charge is 0.375 e.